The van der Waals surface area contributed by atoms with Crippen LogP contribution in [0.1, 0.15) is 26.3 Å². The van der Waals surface area contributed by atoms with Crippen molar-refractivity contribution < 1.29 is 19.7 Å². The van der Waals surface area contributed by atoms with Crippen molar-refractivity contribution in [3.8, 4) is 5.75 Å². The molecule has 0 aliphatic rings. The highest BCUT2D eigenvalue weighted by atomic mass is 17.2. The minimum Gasteiger partial charge on any atom is -0.478 e. The van der Waals surface area contributed by atoms with Crippen molar-refractivity contribution in [2.75, 3.05) is 0 Å². The average Bonchev–Trinajstić information content (AvgIpc) is 2.24. The molecule has 1 N–H and O–H groups in total. The minimum absolute atomic E-state index is 0.373. The van der Waals surface area contributed by atoms with Gasteiger partial charge in [-0.3, -0.25) is 0 Å². The lowest BCUT2D eigenvalue weighted by molar-refractivity contribution is -0.274. The number of rotatable bonds is 4. The van der Waals surface area contributed by atoms with Crippen LogP contribution in [0.5, 0.6) is 5.75 Å². The van der Waals surface area contributed by atoms with Crippen molar-refractivity contribution in [1.29, 1.82) is 0 Å². The van der Waals surface area contributed by atoms with E-state index in [1.165, 1.54) is 6.08 Å². The fourth-order valence-corrected chi connectivity index (χ4v) is 0.975. The third-order valence-electron chi connectivity index (χ3n) is 1.69. The fraction of sp³-hybridized carbons (Fsp3) is 0.308. The first-order valence-corrected chi connectivity index (χ1v) is 5.23. The number of aliphatic carboxylic acids is 1. The Morgan fingerprint density at radius 3 is 2.29 bits per heavy atom. The van der Waals surface area contributed by atoms with Crippen LogP contribution in [-0.4, -0.2) is 16.7 Å². The summed E-state index contributed by atoms with van der Waals surface area (Å²) in [6, 6.07) is 6.93. The molecule has 4 heteroatoms. The molecule has 0 aliphatic heterocycles. The molecular weight excluding hydrogens is 220 g/mol. The van der Waals surface area contributed by atoms with Crippen molar-refractivity contribution in [1.82, 2.24) is 0 Å². The molecule has 0 atom stereocenters. The van der Waals surface area contributed by atoms with E-state index in [1.54, 1.807) is 24.3 Å². The largest absolute Gasteiger partial charge is 0.478 e. The van der Waals surface area contributed by atoms with Crippen molar-refractivity contribution in [2.45, 2.75) is 26.4 Å². The molecule has 0 bridgehead atoms. The second kappa shape index (κ2) is 5.50. The number of hydrogen-bond acceptors (Lipinski definition) is 3. The monoisotopic (exact) mass is 236 g/mol. The molecule has 0 fully saturated rings. The maximum Gasteiger partial charge on any atom is 0.328 e. The van der Waals surface area contributed by atoms with E-state index in [0.717, 1.165) is 11.6 Å². The van der Waals surface area contributed by atoms with E-state index in [2.05, 4.69) is 0 Å². The molecule has 0 saturated carbocycles. The van der Waals surface area contributed by atoms with Crippen LogP contribution in [0.25, 0.3) is 6.08 Å². The quantitative estimate of drug-likeness (QED) is 0.496. The minimum atomic E-state index is -0.971. The van der Waals surface area contributed by atoms with Crippen LogP contribution in [0.2, 0.25) is 0 Å². The predicted octanol–water partition coefficient (Wildman–Crippen LogP) is 2.89. The van der Waals surface area contributed by atoms with Crippen LogP contribution in [0.4, 0.5) is 0 Å². The van der Waals surface area contributed by atoms with Gasteiger partial charge < -0.3 is 9.99 Å². The van der Waals surface area contributed by atoms with E-state index in [9.17, 15) is 4.79 Å². The van der Waals surface area contributed by atoms with Crippen LogP contribution in [0.3, 0.4) is 0 Å². The normalized spacial score (nSPS) is 11.7. The highest BCUT2D eigenvalue weighted by molar-refractivity contribution is 5.85. The molecule has 0 unspecified atom stereocenters. The molecule has 0 radical (unpaired) electrons. The summed E-state index contributed by atoms with van der Waals surface area (Å²) >= 11 is 0. The Morgan fingerprint density at radius 1 is 1.24 bits per heavy atom. The van der Waals surface area contributed by atoms with E-state index in [-0.39, 0.29) is 5.60 Å². The summed E-state index contributed by atoms with van der Waals surface area (Å²) in [5.41, 5.74) is 0.414. The highest BCUT2D eigenvalue weighted by Gasteiger charge is 2.12. The van der Waals surface area contributed by atoms with Gasteiger partial charge in [-0.25, -0.2) is 4.79 Å². The van der Waals surface area contributed by atoms with Gasteiger partial charge in [0.2, 0.25) is 0 Å². The van der Waals surface area contributed by atoms with Gasteiger partial charge in [-0.05, 0) is 44.5 Å². The lowest BCUT2D eigenvalue weighted by atomic mass is 10.2. The summed E-state index contributed by atoms with van der Waals surface area (Å²) in [5.74, 6) is -0.395. The molecule has 0 saturated heterocycles. The maximum atomic E-state index is 10.3. The Balaban J connectivity index is 2.59. The highest BCUT2D eigenvalue weighted by Crippen LogP contribution is 2.16. The van der Waals surface area contributed by atoms with Gasteiger partial charge in [0.1, 0.15) is 5.60 Å². The predicted molar refractivity (Wildman–Crippen MR) is 64.6 cm³/mol. The molecule has 1 aromatic carbocycles. The molecule has 0 spiro atoms. The standard InChI is InChI=1S/C13H16O4/c1-13(2,3)17-16-11-7-4-10(5-8-11)6-9-12(14)15/h4-9H,1-3H3,(H,14,15). The zero-order chi connectivity index (χ0) is 12.9. The van der Waals surface area contributed by atoms with Crippen molar-refractivity contribution in [3.63, 3.8) is 0 Å². The van der Waals surface area contributed by atoms with Gasteiger partial charge in [0.05, 0.1) is 0 Å². The summed E-state index contributed by atoms with van der Waals surface area (Å²) < 4.78 is 0. The SMILES string of the molecule is CC(C)(C)OOc1ccc(C=CC(=O)O)cc1. The molecular formula is C13H16O4. The Bertz CT molecular complexity index is 398. The summed E-state index contributed by atoms with van der Waals surface area (Å²) in [6.07, 6.45) is 2.60. The molecule has 92 valence electrons. The van der Waals surface area contributed by atoms with Crippen molar-refractivity contribution >= 4 is 12.0 Å². The third kappa shape index (κ3) is 5.73. The third-order valence-corrected chi connectivity index (χ3v) is 1.69. The van der Waals surface area contributed by atoms with Gasteiger partial charge in [-0.1, -0.05) is 12.1 Å². The number of benzene rings is 1. The second-order valence-corrected chi connectivity index (χ2v) is 4.52. The number of carbonyl (C=O) groups is 1. The van der Waals surface area contributed by atoms with Gasteiger partial charge in [-0.15, -0.1) is 0 Å². The lowest BCUT2D eigenvalue weighted by Crippen LogP contribution is -2.21. The molecule has 4 nitrogen and oxygen atoms in total. The van der Waals surface area contributed by atoms with Gasteiger partial charge in [0.15, 0.2) is 5.75 Å². The van der Waals surface area contributed by atoms with E-state index in [1.807, 2.05) is 20.8 Å². The summed E-state index contributed by atoms with van der Waals surface area (Å²) in [7, 11) is 0. The van der Waals surface area contributed by atoms with Crippen molar-refractivity contribution in [2.24, 2.45) is 0 Å². The van der Waals surface area contributed by atoms with Crippen LogP contribution >= 0.6 is 0 Å². The van der Waals surface area contributed by atoms with Crippen LogP contribution in [-0.2, 0) is 9.68 Å². The number of carboxylic acids is 1. The smallest absolute Gasteiger partial charge is 0.328 e. The molecule has 17 heavy (non-hydrogen) atoms. The summed E-state index contributed by atoms with van der Waals surface area (Å²) in [6.45, 7) is 5.66. The lowest BCUT2D eigenvalue weighted by Gasteiger charge is -2.17. The molecule has 0 aromatic heterocycles. The molecule has 0 amide bonds. The maximum absolute atomic E-state index is 10.3. The molecule has 0 heterocycles. The Kier molecular flexibility index (Phi) is 4.29. The molecule has 1 aromatic rings. The van der Waals surface area contributed by atoms with Crippen LogP contribution in [0, 0.1) is 0 Å². The van der Waals surface area contributed by atoms with Gasteiger partial charge in [0.25, 0.3) is 0 Å². The van der Waals surface area contributed by atoms with Gasteiger partial charge >= 0.3 is 5.97 Å². The van der Waals surface area contributed by atoms with E-state index >= 15 is 0 Å². The average molecular weight is 236 g/mol. The summed E-state index contributed by atoms with van der Waals surface area (Å²) in [4.78, 5) is 20.6. The van der Waals surface area contributed by atoms with Gasteiger partial charge in [-0.2, -0.15) is 4.89 Å². The first-order valence-electron chi connectivity index (χ1n) is 5.23. The number of hydrogen-bond donors (Lipinski definition) is 1. The fourth-order valence-electron chi connectivity index (χ4n) is 0.975. The van der Waals surface area contributed by atoms with E-state index in [4.69, 9.17) is 14.9 Å². The second-order valence-electron chi connectivity index (χ2n) is 4.52. The zero-order valence-corrected chi connectivity index (χ0v) is 10.1. The van der Waals surface area contributed by atoms with Gasteiger partial charge in [0, 0.05) is 6.08 Å². The Hall–Kier alpha value is -1.81. The van der Waals surface area contributed by atoms with E-state index < -0.39 is 5.97 Å². The van der Waals surface area contributed by atoms with Crippen molar-refractivity contribution in [3.05, 3.63) is 35.9 Å². The first-order chi connectivity index (χ1) is 7.87. The number of carboxylic acid groups (broad SMARTS) is 1. The van der Waals surface area contributed by atoms with Crippen LogP contribution < -0.4 is 4.89 Å². The zero-order valence-electron chi connectivity index (χ0n) is 10.1. The molecule has 1 rings (SSSR count). The first kappa shape index (κ1) is 13.3. The Morgan fingerprint density at radius 2 is 1.82 bits per heavy atom. The summed E-state index contributed by atoms with van der Waals surface area (Å²) in [5, 5.41) is 8.47. The molecule has 0 aliphatic carbocycles. The topological polar surface area (TPSA) is 55.8 Å². The Labute approximate surface area is 100 Å². The van der Waals surface area contributed by atoms with Crippen LogP contribution in [0.15, 0.2) is 30.3 Å². The van der Waals surface area contributed by atoms with E-state index in [0.29, 0.717) is 5.75 Å².